The van der Waals surface area contributed by atoms with Crippen LogP contribution in [-0.2, 0) is 6.42 Å². The first kappa shape index (κ1) is 16.3. The second-order valence-electron chi connectivity index (χ2n) is 5.12. The van der Waals surface area contributed by atoms with E-state index in [4.69, 9.17) is 17.0 Å². The van der Waals surface area contributed by atoms with Crippen molar-refractivity contribution in [2.24, 2.45) is 0 Å². The minimum atomic E-state index is 0.0338. The summed E-state index contributed by atoms with van der Waals surface area (Å²) in [6.07, 6.45) is 3.89. The zero-order chi connectivity index (χ0) is 16.1. The molecule has 3 heteroatoms. The van der Waals surface area contributed by atoms with Crippen molar-refractivity contribution in [3.05, 3.63) is 70.3 Å². The molecule has 0 spiro atoms. The van der Waals surface area contributed by atoms with Gasteiger partial charge < -0.3 is 5.11 Å². The van der Waals surface area contributed by atoms with Crippen LogP contribution in [0.15, 0.2) is 48.5 Å². The molecule has 0 bridgehead atoms. The van der Waals surface area contributed by atoms with E-state index < -0.39 is 0 Å². The van der Waals surface area contributed by atoms with Crippen molar-refractivity contribution in [1.29, 1.82) is 5.41 Å². The highest BCUT2D eigenvalue weighted by molar-refractivity contribution is 6.34. The summed E-state index contributed by atoms with van der Waals surface area (Å²) in [4.78, 5) is 0. The number of hydrogen-bond donors (Lipinski definition) is 2. The second kappa shape index (κ2) is 7.28. The molecule has 0 saturated carbocycles. The highest BCUT2D eigenvalue weighted by Gasteiger charge is 2.12. The largest absolute Gasteiger partial charge is 0.506 e. The Morgan fingerprint density at radius 3 is 2.27 bits per heavy atom. The van der Waals surface area contributed by atoms with Gasteiger partial charge >= 0.3 is 0 Å². The van der Waals surface area contributed by atoms with Crippen molar-refractivity contribution in [3.63, 3.8) is 0 Å². The molecule has 2 aromatic carbocycles. The van der Waals surface area contributed by atoms with Crippen molar-refractivity contribution in [3.8, 4) is 5.75 Å². The first-order valence-corrected chi connectivity index (χ1v) is 7.81. The summed E-state index contributed by atoms with van der Waals surface area (Å²) in [5.41, 5.74) is 4.29. The number of allylic oxidation sites excluding steroid dienone is 2. The van der Waals surface area contributed by atoms with E-state index in [1.165, 1.54) is 11.6 Å². The number of phenols is 1. The lowest BCUT2D eigenvalue weighted by Gasteiger charge is -2.12. The smallest absolute Gasteiger partial charge is 0.134 e. The number of aryl methyl sites for hydroxylation is 1. The third-order valence-corrected chi connectivity index (χ3v) is 3.89. The maximum atomic E-state index is 9.53. The molecule has 22 heavy (non-hydrogen) atoms. The summed E-state index contributed by atoms with van der Waals surface area (Å²) in [6, 6.07) is 13.2. The summed E-state index contributed by atoms with van der Waals surface area (Å²) in [5, 5.41) is 18.3. The van der Waals surface area contributed by atoms with Gasteiger partial charge in [0.2, 0.25) is 0 Å². The van der Waals surface area contributed by atoms with Crippen LogP contribution in [0.1, 0.15) is 37.0 Å². The van der Waals surface area contributed by atoms with Crippen LogP contribution in [-0.4, -0.2) is 10.8 Å². The van der Waals surface area contributed by atoms with E-state index in [0.29, 0.717) is 11.3 Å². The quantitative estimate of drug-likeness (QED) is 0.706. The zero-order valence-corrected chi connectivity index (χ0v) is 13.6. The van der Waals surface area contributed by atoms with Crippen LogP contribution < -0.4 is 0 Å². The van der Waals surface area contributed by atoms with Crippen LogP contribution in [0.25, 0.3) is 5.57 Å². The van der Waals surface area contributed by atoms with E-state index in [9.17, 15) is 5.11 Å². The van der Waals surface area contributed by atoms with Gasteiger partial charge in [0.15, 0.2) is 0 Å². The average Bonchev–Trinajstić information content (AvgIpc) is 2.55. The molecule has 0 fully saturated rings. The SMILES string of the molecule is CC/C=C(/C(=N)c1ccc(O)c(Cl)c1)c1ccc(CC)cc1. The lowest BCUT2D eigenvalue weighted by Crippen LogP contribution is -2.03. The van der Waals surface area contributed by atoms with Gasteiger partial charge in [0.05, 0.1) is 10.7 Å². The van der Waals surface area contributed by atoms with Gasteiger partial charge in [-0.05, 0) is 42.2 Å². The number of aromatic hydroxyl groups is 1. The molecule has 0 atom stereocenters. The number of nitrogens with one attached hydrogen (secondary N) is 1. The lowest BCUT2D eigenvalue weighted by atomic mass is 9.94. The van der Waals surface area contributed by atoms with Crippen LogP contribution in [0.5, 0.6) is 5.75 Å². The molecule has 2 N–H and O–H groups in total. The number of halogens is 1. The Morgan fingerprint density at radius 2 is 1.73 bits per heavy atom. The molecule has 2 rings (SSSR count). The first-order valence-electron chi connectivity index (χ1n) is 7.44. The molecular weight excluding hydrogens is 294 g/mol. The molecule has 0 aliphatic carbocycles. The van der Waals surface area contributed by atoms with E-state index in [1.54, 1.807) is 12.1 Å². The second-order valence-corrected chi connectivity index (χ2v) is 5.52. The van der Waals surface area contributed by atoms with Gasteiger partial charge in [-0.25, -0.2) is 0 Å². The normalized spacial score (nSPS) is 11.5. The molecule has 0 aliphatic rings. The summed E-state index contributed by atoms with van der Waals surface area (Å²) < 4.78 is 0. The third kappa shape index (κ3) is 3.58. The Kier molecular flexibility index (Phi) is 5.40. The van der Waals surface area contributed by atoms with E-state index in [-0.39, 0.29) is 10.8 Å². The van der Waals surface area contributed by atoms with Crippen LogP contribution in [0.4, 0.5) is 0 Å². The lowest BCUT2D eigenvalue weighted by molar-refractivity contribution is 0.475. The Labute approximate surface area is 136 Å². The predicted molar refractivity (Wildman–Crippen MR) is 94.0 cm³/mol. The Bertz CT molecular complexity index is 702. The predicted octanol–water partition coefficient (Wildman–Crippen LogP) is 5.47. The molecular formula is C19H20ClNO. The fourth-order valence-electron chi connectivity index (χ4n) is 2.31. The van der Waals surface area contributed by atoms with Crippen molar-refractivity contribution < 1.29 is 5.11 Å². The van der Waals surface area contributed by atoms with Gasteiger partial charge in [-0.3, -0.25) is 5.41 Å². The molecule has 0 radical (unpaired) electrons. The molecule has 2 nitrogen and oxygen atoms in total. The van der Waals surface area contributed by atoms with Gasteiger partial charge in [-0.15, -0.1) is 0 Å². The molecule has 0 amide bonds. The van der Waals surface area contributed by atoms with Gasteiger partial charge in [0.1, 0.15) is 5.75 Å². The molecule has 0 heterocycles. The van der Waals surface area contributed by atoms with Crippen LogP contribution in [0.3, 0.4) is 0 Å². The number of benzene rings is 2. The third-order valence-electron chi connectivity index (χ3n) is 3.59. The highest BCUT2D eigenvalue weighted by atomic mass is 35.5. The minimum absolute atomic E-state index is 0.0338. The standard InChI is InChI=1S/C19H20ClNO/c1-3-5-16(14-8-6-13(4-2)7-9-14)19(21)15-10-11-18(22)17(20)12-15/h5-12,21-22H,3-4H2,1-2H3/b16-5+,21-19?. The van der Waals surface area contributed by atoms with E-state index >= 15 is 0 Å². The average molecular weight is 314 g/mol. The molecule has 0 aliphatic heterocycles. The monoisotopic (exact) mass is 313 g/mol. The number of rotatable bonds is 5. The van der Waals surface area contributed by atoms with Gasteiger partial charge in [-0.1, -0.05) is 55.8 Å². The summed E-state index contributed by atoms with van der Waals surface area (Å²) in [6.45, 7) is 4.18. The Balaban J connectivity index is 2.40. The molecule has 114 valence electrons. The fraction of sp³-hybridized carbons (Fsp3) is 0.211. The van der Waals surface area contributed by atoms with Crippen molar-refractivity contribution >= 4 is 22.9 Å². The van der Waals surface area contributed by atoms with Crippen LogP contribution in [0.2, 0.25) is 5.02 Å². The maximum absolute atomic E-state index is 9.53. The van der Waals surface area contributed by atoms with E-state index in [0.717, 1.165) is 24.0 Å². The van der Waals surface area contributed by atoms with Crippen molar-refractivity contribution in [1.82, 2.24) is 0 Å². The van der Waals surface area contributed by atoms with E-state index in [2.05, 4.69) is 38.1 Å². The molecule has 2 aromatic rings. The Hall–Kier alpha value is -2.06. The van der Waals surface area contributed by atoms with Gasteiger partial charge in [-0.2, -0.15) is 0 Å². The topological polar surface area (TPSA) is 44.1 Å². The summed E-state index contributed by atoms with van der Waals surface area (Å²) in [5.74, 6) is 0.0338. The molecule has 0 saturated heterocycles. The number of hydrogen-bond acceptors (Lipinski definition) is 2. The van der Waals surface area contributed by atoms with Gasteiger partial charge in [0.25, 0.3) is 0 Å². The molecule has 0 aromatic heterocycles. The summed E-state index contributed by atoms with van der Waals surface area (Å²) in [7, 11) is 0. The maximum Gasteiger partial charge on any atom is 0.134 e. The number of phenolic OH excluding ortho intramolecular Hbond substituents is 1. The first-order chi connectivity index (χ1) is 10.6. The van der Waals surface area contributed by atoms with Crippen LogP contribution >= 0.6 is 11.6 Å². The fourth-order valence-corrected chi connectivity index (χ4v) is 2.49. The van der Waals surface area contributed by atoms with E-state index in [1.807, 2.05) is 6.08 Å². The Morgan fingerprint density at radius 1 is 1.09 bits per heavy atom. The van der Waals surface area contributed by atoms with Gasteiger partial charge in [0, 0.05) is 11.1 Å². The summed E-state index contributed by atoms with van der Waals surface area (Å²) >= 11 is 5.96. The molecule has 0 unspecified atom stereocenters. The van der Waals surface area contributed by atoms with Crippen molar-refractivity contribution in [2.45, 2.75) is 26.7 Å². The highest BCUT2D eigenvalue weighted by Crippen LogP contribution is 2.27. The van der Waals surface area contributed by atoms with Crippen LogP contribution in [0, 0.1) is 5.41 Å². The minimum Gasteiger partial charge on any atom is -0.506 e. The van der Waals surface area contributed by atoms with Crippen molar-refractivity contribution in [2.75, 3.05) is 0 Å². The zero-order valence-electron chi connectivity index (χ0n) is 12.9.